The fraction of sp³-hybridized carbons (Fsp3) is 0.583. The first-order valence-electron chi connectivity index (χ1n) is 6.40. The number of sulfonamides is 1. The van der Waals surface area contributed by atoms with Crippen molar-refractivity contribution >= 4 is 39.7 Å². The summed E-state index contributed by atoms with van der Waals surface area (Å²) in [5, 5.41) is 7.49. The molecule has 21 heavy (non-hydrogen) atoms. The van der Waals surface area contributed by atoms with Crippen LogP contribution in [0.3, 0.4) is 0 Å². The zero-order valence-electron chi connectivity index (χ0n) is 12.4. The molecule has 0 aliphatic rings. The Morgan fingerprint density at radius 1 is 1.29 bits per heavy atom. The molecule has 0 saturated heterocycles. The van der Waals surface area contributed by atoms with Gasteiger partial charge in [0.2, 0.25) is 10.0 Å². The number of nitrogens with one attached hydrogen (secondary N) is 2. The highest BCUT2D eigenvalue weighted by molar-refractivity contribution is 7.89. The van der Waals surface area contributed by atoms with E-state index in [4.69, 9.17) is 0 Å². The van der Waals surface area contributed by atoms with E-state index < -0.39 is 10.0 Å². The lowest BCUT2D eigenvalue weighted by molar-refractivity contribution is 0.0955. The molecule has 0 unspecified atom stereocenters. The average molecular weight is 356 g/mol. The third kappa shape index (κ3) is 5.55. The summed E-state index contributed by atoms with van der Waals surface area (Å²) >= 11 is 1.13. The highest BCUT2D eigenvalue weighted by atomic mass is 35.5. The molecule has 0 spiro atoms. The lowest BCUT2D eigenvalue weighted by atomic mass is 10.4. The quantitative estimate of drug-likeness (QED) is 0.686. The van der Waals surface area contributed by atoms with Gasteiger partial charge in [-0.1, -0.05) is 6.92 Å². The standard InChI is InChI=1S/C12H21N3O3S2.ClH/c1-4-6-13-7-8-14-12(16)11-10(5-9-19-11)20(17,18)15(2)3;/h5,9,13H,4,6-8H2,1-3H3,(H,14,16);1H. The Hall–Kier alpha value is -0.670. The highest BCUT2D eigenvalue weighted by Crippen LogP contribution is 2.23. The van der Waals surface area contributed by atoms with E-state index in [2.05, 4.69) is 17.6 Å². The Morgan fingerprint density at radius 2 is 1.95 bits per heavy atom. The summed E-state index contributed by atoms with van der Waals surface area (Å²) in [6.45, 7) is 4.10. The highest BCUT2D eigenvalue weighted by Gasteiger charge is 2.25. The molecule has 0 saturated carbocycles. The van der Waals surface area contributed by atoms with Crippen molar-refractivity contribution in [3.05, 3.63) is 16.3 Å². The molecule has 2 N–H and O–H groups in total. The lowest BCUT2D eigenvalue weighted by Crippen LogP contribution is -2.33. The Balaban J connectivity index is 0.00000400. The molecule has 0 aliphatic carbocycles. The van der Waals surface area contributed by atoms with Crippen LogP contribution < -0.4 is 10.6 Å². The molecule has 0 fully saturated rings. The van der Waals surface area contributed by atoms with Crippen LogP contribution in [-0.4, -0.2) is 52.4 Å². The zero-order chi connectivity index (χ0) is 15.2. The van der Waals surface area contributed by atoms with E-state index in [1.165, 1.54) is 20.2 Å². The summed E-state index contributed by atoms with van der Waals surface area (Å²) in [6, 6.07) is 1.46. The number of rotatable bonds is 8. The van der Waals surface area contributed by atoms with Crippen LogP contribution in [0.1, 0.15) is 23.0 Å². The van der Waals surface area contributed by atoms with Gasteiger partial charge in [-0.3, -0.25) is 4.79 Å². The Bertz CT molecular complexity index is 544. The van der Waals surface area contributed by atoms with Crippen molar-refractivity contribution in [1.29, 1.82) is 0 Å². The van der Waals surface area contributed by atoms with Gasteiger partial charge in [0.25, 0.3) is 5.91 Å². The fourth-order valence-corrected chi connectivity index (χ4v) is 3.72. The second kappa shape index (κ2) is 9.37. The predicted molar refractivity (Wildman–Crippen MR) is 87.9 cm³/mol. The van der Waals surface area contributed by atoms with Crippen LogP contribution in [0, 0.1) is 0 Å². The van der Waals surface area contributed by atoms with Gasteiger partial charge in [-0.2, -0.15) is 0 Å². The van der Waals surface area contributed by atoms with Crippen LogP contribution in [0.2, 0.25) is 0 Å². The molecule has 1 aromatic heterocycles. The molecule has 1 amide bonds. The van der Waals surface area contributed by atoms with Crippen LogP contribution in [0.15, 0.2) is 16.3 Å². The minimum absolute atomic E-state index is 0. The SMILES string of the molecule is CCCNCCNC(=O)c1sccc1S(=O)(=O)N(C)C.Cl. The van der Waals surface area contributed by atoms with Crippen molar-refractivity contribution in [2.75, 3.05) is 33.7 Å². The molecule has 0 atom stereocenters. The molecule has 122 valence electrons. The molecule has 0 aromatic carbocycles. The third-order valence-electron chi connectivity index (χ3n) is 2.61. The van der Waals surface area contributed by atoms with Gasteiger partial charge in [0.05, 0.1) is 0 Å². The Kier molecular flexibility index (Phi) is 9.07. The van der Waals surface area contributed by atoms with E-state index in [1.807, 2.05) is 0 Å². The van der Waals surface area contributed by atoms with Gasteiger partial charge in [0, 0.05) is 27.2 Å². The number of nitrogens with zero attached hydrogens (tertiary/aromatic N) is 1. The van der Waals surface area contributed by atoms with Gasteiger partial charge in [0.1, 0.15) is 9.77 Å². The smallest absolute Gasteiger partial charge is 0.262 e. The minimum atomic E-state index is -3.58. The second-order valence-electron chi connectivity index (χ2n) is 4.41. The number of amides is 1. The fourth-order valence-electron chi connectivity index (χ4n) is 1.51. The number of hydrogen-bond donors (Lipinski definition) is 2. The van der Waals surface area contributed by atoms with Crippen molar-refractivity contribution < 1.29 is 13.2 Å². The summed E-state index contributed by atoms with van der Waals surface area (Å²) in [7, 11) is -0.686. The van der Waals surface area contributed by atoms with Crippen molar-refractivity contribution in [1.82, 2.24) is 14.9 Å². The van der Waals surface area contributed by atoms with Gasteiger partial charge in [-0.15, -0.1) is 23.7 Å². The van der Waals surface area contributed by atoms with E-state index in [1.54, 1.807) is 5.38 Å². The Morgan fingerprint density at radius 3 is 2.52 bits per heavy atom. The first-order chi connectivity index (χ1) is 9.41. The molecule has 1 heterocycles. The van der Waals surface area contributed by atoms with Crippen LogP contribution in [-0.2, 0) is 10.0 Å². The predicted octanol–water partition coefficient (Wildman–Crippen LogP) is 1.15. The van der Waals surface area contributed by atoms with Gasteiger partial charge in [-0.25, -0.2) is 12.7 Å². The van der Waals surface area contributed by atoms with E-state index in [0.29, 0.717) is 13.1 Å². The summed E-state index contributed by atoms with van der Waals surface area (Å²) in [4.78, 5) is 12.3. The summed E-state index contributed by atoms with van der Waals surface area (Å²) < 4.78 is 25.3. The molecule has 1 rings (SSSR count). The number of halogens is 1. The molecule has 0 aliphatic heterocycles. The normalized spacial score (nSPS) is 11.2. The lowest BCUT2D eigenvalue weighted by Gasteiger charge is -2.12. The topological polar surface area (TPSA) is 78.5 Å². The van der Waals surface area contributed by atoms with E-state index in [0.717, 1.165) is 28.6 Å². The van der Waals surface area contributed by atoms with Crippen LogP contribution in [0.25, 0.3) is 0 Å². The molecule has 1 aromatic rings. The minimum Gasteiger partial charge on any atom is -0.350 e. The monoisotopic (exact) mass is 355 g/mol. The number of hydrogen-bond acceptors (Lipinski definition) is 5. The van der Waals surface area contributed by atoms with Gasteiger partial charge in [0.15, 0.2) is 0 Å². The summed E-state index contributed by atoms with van der Waals surface area (Å²) in [6.07, 6.45) is 1.03. The average Bonchev–Trinajstić information content (AvgIpc) is 2.88. The third-order valence-corrected chi connectivity index (χ3v) is 5.51. The molecule has 6 nitrogen and oxygen atoms in total. The van der Waals surface area contributed by atoms with Crippen LogP contribution >= 0.6 is 23.7 Å². The van der Waals surface area contributed by atoms with Crippen molar-refractivity contribution in [3.63, 3.8) is 0 Å². The first kappa shape index (κ1) is 20.3. The molecule has 9 heteroatoms. The largest absolute Gasteiger partial charge is 0.350 e. The number of carbonyl (C=O) groups is 1. The second-order valence-corrected chi connectivity index (χ2v) is 7.44. The summed E-state index contributed by atoms with van der Waals surface area (Å²) in [5.74, 6) is -0.348. The van der Waals surface area contributed by atoms with E-state index in [9.17, 15) is 13.2 Å². The number of carbonyl (C=O) groups excluding carboxylic acids is 1. The zero-order valence-corrected chi connectivity index (χ0v) is 14.8. The van der Waals surface area contributed by atoms with Gasteiger partial charge >= 0.3 is 0 Å². The van der Waals surface area contributed by atoms with Gasteiger partial charge < -0.3 is 10.6 Å². The molecular formula is C12H22ClN3O3S2. The maximum atomic E-state index is 12.1. The van der Waals surface area contributed by atoms with Crippen molar-refractivity contribution in [2.45, 2.75) is 18.2 Å². The van der Waals surface area contributed by atoms with Crippen LogP contribution in [0.4, 0.5) is 0 Å². The molecule has 0 radical (unpaired) electrons. The maximum Gasteiger partial charge on any atom is 0.262 e. The van der Waals surface area contributed by atoms with Crippen molar-refractivity contribution in [3.8, 4) is 0 Å². The first-order valence-corrected chi connectivity index (χ1v) is 8.72. The summed E-state index contributed by atoms with van der Waals surface area (Å²) in [5.41, 5.74) is 0. The van der Waals surface area contributed by atoms with E-state index >= 15 is 0 Å². The molecule has 0 bridgehead atoms. The Labute approximate surface area is 136 Å². The van der Waals surface area contributed by atoms with Gasteiger partial charge in [-0.05, 0) is 24.4 Å². The van der Waals surface area contributed by atoms with Crippen LogP contribution in [0.5, 0.6) is 0 Å². The van der Waals surface area contributed by atoms with E-state index in [-0.39, 0.29) is 28.1 Å². The maximum absolute atomic E-state index is 12.1. The molecular weight excluding hydrogens is 334 g/mol. The van der Waals surface area contributed by atoms with Crippen molar-refractivity contribution in [2.24, 2.45) is 0 Å². The number of thiophene rings is 1.